The normalized spacial score (nSPS) is 21.9. The van der Waals surface area contributed by atoms with E-state index in [1.807, 2.05) is 0 Å². The third-order valence-corrected chi connectivity index (χ3v) is 4.61. The predicted octanol–water partition coefficient (Wildman–Crippen LogP) is 2.73. The van der Waals surface area contributed by atoms with Crippen LogP contribution in [0, 0.1) is 6.92 Å². The topological polar surface area (TPSA) is 24.5 Å². The minimum absolute atomic E-state index is 0.354. The molecule has 1 saturated heterocycles. The highest BCUT2D eigenvalue weighted by Crippen LogP contribution is 2.36. The fourth-order valence-electron chi connectivity index (χ4n) is 3.60. The van der Waals surface area contributed by atoms with E-state index in [2.05, 4.69) is 35.3 Å². The average molecular weight is 260 g/mol. The first-order valence-corrected chi connectivity index (χ1v) is 7.37. The van der Waals surface area contributed by atoms with Gasteiger partial charge in [0.05, 0.1) is 12.8 Å². The zero-order valence-electron chi connectivity index (χ0n) is 12.0. The molecule has 0 bridgehead atoms. The van der Waals surface area contributed by atoms with Crippen molar-refractivity contribution >= 4 is 5.69 Å². The number of nitrogens with one attached hydrogen (secondary N) is 1. The van der Waals surface area contributed by atoms with E-state index in [1.54, 1.807) is 7.11 Å². The van der Waals surface area contributed by atoms with Gasteiger partial charge in [-0.1, -0.05) is 18.9 Å². The molecular formula is C16H24N2O. The van der Waals surface area contributed by atoms with Gasteiger partial charge in [-0.25, -0.2) is 0 Å². The molecule has 1 aromatic carbocycles. The van der Waals surface area contributed by atoms with Gasteiger partial charge >= 0.3 is 0 Å². The van der Waals surface area contributed by atoms with Crippen LogP contribution in [0.5, 0.6) is 5.75 Å². The number of ether oxygens (including phenoxy) is 1. The Bertz CT molecular complexity index is 452. The smallest absolute Gasteiger partial charge is 0.142 e. The van der Waals surface area contributed by atoms with Crippen molar-refractivity contribution in [2.75, 3.05) is 31.6 Å². The van der Waals surface area contributed by atoms with Crippen molar-refractivity contribution in [2.45, 2.75) is 38.1 Å². The number of hydrogen-bond donors (Lipinski definition) is 1. The molecule has 19 heavy (non-hydrogen) atoms. The maximum absolute atomic E-state index is 5.54. The Morgan fingerprint density at radius 3 is 2.79 bits per heavy atom. The molecule has 1 aromatic rings. The quantitative estimate of drug-likeness (QED) is 0.885. The first-order chi connectivity index (χ1) is 9.22. The van der Waals surface area contributed by atoms with Crippen LogP contribution in [0.3, 0.4) is 0 Å². The number of nitrogens with zero attached hydrogens (tertiary/aromatic N) is 1. The Morgan fingerprint density at radius 1 is 1.26 bits per heavy atom. The second kappa shape index (κ2) is 5.04. The van der Waals surface area contributed by atoms with E-state index in [0.29, 0.717) is 5.54 Å². The molecular weight excluding hydrogens is 236 g/mol. The van der Waals surface area contributed by atoms with Gasteiger partial charge in [-0.3, -0.25) is 0 Å². The zero-order valence-corrected chi connectivity index (χ0v) is 12.0. The van der Waals surface area contributed by atoms with Crippen molar-refractivity contribution in [3.63, 3.8) is 0 Å². The van der Waals surface area contributed by atoms with Crippen molar-refractivity contribution in [2.24, 2.45) is 0 Å². The molecule has 3 heteroatoms. The summed E-state index contributed by atoms with van der Waals surface area (Å²) in [5.41, 5.74) is 2.91. The minimum atomic E-state index is 0.354. The van der Waals surface area contributed by atoms with E-state index >= 15 is 0 Å². The summed E-state index contributed by atoms with van der Waals surface area (Å²) < 4.78 is 5.54. The lowest BCUT2D eigenvalue weighted by molar-refractivity contribution is 0.302. The maximum atomic E-state index is 5.54. The number of methoxy groups -OCH3 is 1. The van der Waals surface area contributed by atoms with Crippen LogP contribution in [-0.4, -0.2) is 32.3 Å². The lowest BCUT2D eigenvalue weighted by Crippen LogP contribution is -2.59. The molecule has 3 rings (SSSR count). The van der Waals surface area contributed by atoms with Crippen molar-refractivity contribution in [1.29, 1.82) is 0 Å². The first kappa shape index (κ1) is 12.8. The van der Waals surface area contributed by atoms with Gasteiger partial charge < -0.3 is 15.0 Å². The summed E-state index contributed by atoms with van der Waals surface area (Å²) >= 11 is 0. The van der Waals surface area contributed by atoms with E-state index in [4.69, 9.17) is 4.74 Å². The van der Waals surface area contributed by atoms with Gasteiger partial charge in [0, 0.05) is 25.2 Å². The molecule has 0 atom stereocenters. The van der Waals surface area contributed by atoms with Gasteiger partial charge in [0.2, 0.25) is 0 Å². The second-order valence-electron chi connectivity index (χ2n) is 6.01. The van der Waals surface area contributed by atoms with E-state index in [0.717, 1.165) is 25.4 Å². The van der Waals surface area contributed by atoms with Crippen LogP contribution in [0.1, 0.15) is 31.2 Å². The summed E-state index contributed by atoms with van der Waals surface area (Å²) in [7, 11) is 1.77. The molecule has 1 N–H and O–H groups in total. The Kier molecular flexibility index (Phi) is 3.40. The SMILES string of the molecule is COc1ccc(C)cc1N1CCNC2(CCCC2)C1. The Hall–Kier alpha value is -1.22. The van der Waals surface area contributed by atoms with Crippen LogP contribution in [0.2, 0.25) is 0 Å². The largest absolute Gasteiger partial charge is 0.495 e. The van der Waals surface area contributed by atoms with Crippen molar-refractivity contribution < 1.29 is 4.74 Å². The van der Waals surface area contributed by atoms with Gasteiger partial charge in [-0.2, -0.15) is 0 Å². The number of benzene rings is 1. The number of hydrogen-bond acceptors (Lipinski definition) is 3. The third kappa shape index (κ3) is 2.44. The highest BCUT2D eigenvalue weighted by molar-refractivity contribution is 5.60. The van der Waals surface area contributed by atoms with E-state index in [9.17, 15) is 0 Å². The molecule has 104 valence electrons. The second-order valence-corrected chi connectivity index (χ2v) is 6.01. The van der Waals surface area contributed by atoms with Gasteiger partial charge in [-0.15, -0.1) is 0 Å². The standard InChI is InChI=1S/C16H24N2O/c1-13-5-6-15(19-2)14(11-13)18-10-9-17-16(12-18)7-3-4-8-16/h5-6,11,17H,3-4,7-10,12H2,1-2H3. The molecule has 1 heterocycles. The lowest BCUT2D eigenvalue weighted by Gasteiger charge is -2.43. The first-order valence-electron chi connectivity index (χ1n) is 7.37. The fraction of sp³-hybridized carbons (Fsp3) is 0.625. The van der Waals surface area contributed by atoms with Crippen LogP contribution in [0.25, 0.3) is 0 Å². The number of rotatable bonds is 2. The van der Waals surface area contributed by atoms with Crippen LogP contribution in [0.15, 0.2) is 18.2 Å². The number of piperazine rings is 1. The molecule has 0 amide bonds. The number of anilines is 1. The predicted molar refractivity (Wildman–Crippen MR) is 79.1 cm³/mol. The Labute approximate surface area is 115 Å². The van der Waals surface area contributed by atoms with Gasteiger partial charge in [0.15, 0.2) is 0 Å². The van der Waals surface area contributed by atoms with Crippen LogP contribution in [-0.2, 0) is 0 Å². The Morgan fingerprint density at radius 2 is 2.05 bits per heavy atom. The molecule has 3 nitrogen and oxygen atoms in total. The van der Waals surface area contributed by atoms with Gasteiger partial charge in [0.25, 0.3) is 0 Å². The van der Waals surface area contributed by atoms with Crippen molar-refractivity contribution in [3.05, 3.63) is 23.8 Å². The molecule has 1 aliphatic heterocycles. The van der Waals surface area contributed by atoms with E-state index < -0.39 is 0 Å². The minimum Gasteiger partial charge on any atom is -0.495 e. The zero-order chi connectivity index (χ0) is 13.3. The third-order valence-electron chi connectivity index (χ3n) is 4.61. The lowest BCUT2D eigenvalue weighted by atomic mass is 9.94. The van der Waals surface area contributed by atoms with E-state index in [1.165, 1.54) is 36.9 Å². The molecule has 1 saturated carbocycles. The Balaban J connectivity index is 1.87. The molecule has 0 unspecified atom stereocenters. The summed E-state index contributed by atoms with van der Waals surface area (Å²) in [6.45, 7) is 5.42. The summed E-state index contributed by atoms with van der Waals surface area (Å²) in [6.07, 6.45) is 5.37. The number of aryl methyl sites for hydroxylation is 1. The van der Waals surface area contributed by atoms with Crippen LogP contribution >= 0.6 is 0 Å². The summed E-state index contributed by atoms with van der Waals surface area (Å²) in [5.74, 6) is 1.00. The summed E-state index contributed by atoms with van der Waals surface area (Å²) in [5, 5.41) is 3.76. The van der Waals surface area contributed by atoms with Crippen molar-refractivity contribution in [3.8, 4) is 5.75 Å². The molecule has 1 aliphatic carbocycles. The average Bonchev–Trinajstić information content (AvgIpc) is 2.86. The summed E-state index contributed by atoms with van der Waals surface area (Å²) in [4.78, 5) is 2.51. The van der Waals surface area contributed by atoms with Crippen LogP contribution < -0.4 is 15.0 Å². The highest BCUT2D eigenvalue weighted by atomic mass is 16.5. The fourth-order valence-corrected chi connectivity index (χ4v) is 3.60. The van der Waals surface area contributed by atoms with Crippen molar-refractivity contribution in [1.82, 2.24) is 5.32 Å². The maximum Gasteiger partial charge on any atom is 0.142 e. The monoisotopic (exact) mass is 260 g/mol. The molecule has 2 aliphatic rings. The molecule has 2 fully saturated rings. The molecule has 1 spiro atoms. The van der Waals surface area contributed by atoms with Crippen LogP contribution in [0.4, 0.5) is 5.69 Å². The van der Waals surface area contributed by atoms with E-state index in [-0.39, 0.29) is 0 Å². The highest BCUT2D eigenvalue weighted by Gasteiger charge is 2.38. The molecule has 0 aromatic heterocycles. The molecule has 0 radical (unpaired) electrons. The van der Waals surface area contributed by atoms with Gasteiger partial charge in [0.1, 0.15) is 5.75 Å². The summed E-state index contributed by atoms with van der Waals surface area (Å²) in [6, 6.07) is 6.47. The van der Waals surface area contributed by atoms with Gasteiger partial charge in [-0.05, 0) is 37.5 Å².